The molecule has 0 nitrogen and oxygen atoms in total. The van der Waals surface area contributed by atoms with E-state index in [0.717, 1.165) is 11.5 Å². The summed E-state index contributed by atoms with van der Waals surface area (Å²) in [6.45, 7) is 20.1. The van der Waals surface area contributed by atoms with Crippen LogP contribution in [0.2, 0.25) is 0 Å². The molecule has 0 aliphatic heterocycles. The van der Waals surface area contributed by atoms with E-state index in [0.29, 0.717) is 11.8 Å². The second-order valence-electron chi connectivity index (χ2n) is 14.8. The molecule has 0 fully saturated rings. The Hall–Kier alpha value is 1.50. The second-order valence-corrected chi connectivity index (χ2v) is 15.6. The summed E-state index contributed by atoms with van der Waals surface area (Å²) in [4.78, 5) is 0. The third-order valence-electron chi connectivity index (χ3n) is 8.00. The summed E-state index contributed by atoms with van der Waals surface area (Å²) in [6, 6.07) is 0. The Bertz CT molecular complexity index is 363. The standard InChI is InChI=1S/2C18H38S.2C4H9.Sn/c2*1-2-3-4-5-6-7-8-9-10-11-12-13-14-15-16-17-18-19;2*1-4(2)3;/h2*19H,2-18H2,1H3;2*4H,1H2,2-3H3;/q;;;;+2/p-2. The normalized spacial score (nSPS) is 10.5. The first kappa shape index (κ1) is 57.8. The van der Waals surface area contributed by atoms with Crippen molar-refractivity contribution in [2.45, 2.75) is 247 Å². The average molecular weight is 804 g/mol. The summed E-state index contributed by atoms with van der Waals surface area (Å²) in [5.41, 5.74) is 0. The van der Waals surface area contributed by atoms with E-state index in [9.17, 15) is 0 Å². The largest absolute Gasteiger partial charge is 2.00 e. The average Bonchev–Trinajstić information content (AvgIpc) is 3.01. The number of hydrogen-bond donors (Lipinski definition) is 0. The van der Waals surface area contributed by atoms with Crippen molar-refractivity contribution < 1.29 is 0 Å². The summed E-state index contributed by atoms with van der Waals surface area (Å²) in [7, 11) is 0. The van der Waals surface area contributed by atoms with Crippen molar-refractivity contribution in [1.29, 1.82) is 0 Å². The van der Waals surface area contributed by atoms with Crippen molar-refractivity contribution in [3.05, 3.63) is 13.8 Å². The van der Waals surface area contributed by atoms with Crippen molar-refractivity contribution in [1.82, 2.24) is 0 Å². The first-order valence-electron chi connectivity index (χ1n) is 21.1. The predicted molar refractivity (Wildman–Crippen MR) is 230 cm³/mol. The zero-order valence-electron chi connectivity index (χ0n) is 33.9. The van der Waals surface area contributed by atoms with Gasteiger partial charge in [0.15, 0.2) is 0 Å². The Labute approximate surface area is 331 Å². The van der Waals surface area contributed by atoms with Gasteiger partial charge >= 0.3 is 23.9 Å². The first-order chi connectivity index (χ1) is 22.3. The topological polar surface area (TPSA) is 0 Å². The van der Waals surface area contributed by atoms with Crippen molar-refractivity contribution in [2.75, 3.05) is 11.5 Å². The molecule has 0 unspecified atom stereocenters. The van der Waals surface area contributed by atoms with Gasteiger partial charge in [-0.3, -0.25) is 0 Å². The summed E-state index contributed by atoms with van der Waals surface area (Å²) in [6.07, 6.45) is 45.9. The molecule has 0 N–H and O–H groups in total. The number of hydrogen-bond acceptors (Lipinski definition) is 2. The van der Waals surface area contributed by atoms with Crippen molar-refractivity contribution in [3.8, 4) is 0 Å². The molecule has 0 amide bonds. The Morgan fingerprint density at radius 1 is 0.298 bits per heavy atom. The van der Waals surface area contributed by atoms with E-state index in [2.05, 4.69) is 55.4 Å². The molecular formula is C44H92S2Sn. The van der Waals surface area contributed by atoms with Gasteiger partial charge in [-0.15, -0.1) is 0 Å². The van der Waals surface area contributed by atoms with Crippen LogP contribution in [0.15, 0.2) is 0 Å². The van der Waals surface area contributed by atoms with Gasteiger partial charge in [0, 0.05) is 0 Å². The third-order valence-corrected chi connectivity index (χ3v) is 8.57. The van der Waals surface area contributed by atoms with Crippen LogP contribution in [-0.2, 0) is 25.3 Å². The molecule has 0 heterocycles. The fourth-order valence-corrected chi connectivity index (χ4v) is 5.71. The Morgan fingerprint density at radius 2 is 0.404 bits per heavy atom. The molecule has 0 rings (SSSR count). The van der Waals surface area contributed by atoms with E-state index in [-0.39, 0.29) is 23.9 Å². The summed E-state index contributed by atoms with van der Waals surface area (Å²) in [5, 5.41) is 0. The molecule has 0 saturated carbocycles. The van der Waals surface area contributed by atoms with Crippen molar-refractivity contribution >= 4 is 49.2 Å². The number of unbranched alkanes of at least 4 members (excludes halogenated alkanes) is 30. The van der Waals surface area contributed by atoms with E-state index < -0.39 is 0 Å². The van der Waals surface area contributed by atoms with Crippen molar-refractivity contribution in [3.63, 3.8) is 0 Å². The molecule has 0 bridgehead atoms. The van der Waals surface area contributed by atoms with E-state index in [1.54, 1.807) is 0 Å². The minimum Gasteiger partial charge on any atom is -0.793 e. The molecule has 0 saturated heterocycles. The monoisotopic (exact) mass is 805 g/mol. The summed E-state index contributed by atoms with van der Waals surface area (Å²) < 4.78 is 0. The van der Waals surface area contributed by atoms with Gasteiger partial charge in [-0.25, -0.2) is 0 Å². The van der Waals surface area contributed by atoms with E-state index in [4.69, 9.17) is 25.3 Å². The third kappa shape index (κ3) is 87.6. The van der Waals surface area contributed by atoms with Crippen LogP contribution in [0, 0.1) is 25.7 Å². The smallest absolute Gasteiger partial charge is 0.793 e. The van der Waals surface area contributed by atoms with Gasteiger partial charge in [-0.1, -0.05) is 261 Å². The first-order valence-corrected chi connectivity index (χ1v) is 22.3. The number of rotatable bonds is 32. The van der Waals surface area contributed by atoms with E-state index >= 15 is 0 Å². The van der Waals surface area contributed by atoms with E-state index in [1.165, 1.54) is 205 Å². The molecule has 47 heavy (non-hydrogen) atoms. The maximum Gasteiger partial charge on any atom is 2.00 e. The Kier molecular flexibility index (Phi) is 73.4. The Morgan fingerprint density at radius 3 is 0.511 bits per heavy atom. The molecule has 0 aliphatic carbocycles. The maximum atomic E-state index is 4.95. The molecule has 0 aromatic heterocycles. The minimum atomic E-state index is 0. The molecule has 0 aromatic carbocycles. The molecule has 284 valence electrons. The molecule has 0 aliphatic rings. The van der Waals surface area contributed by atoms with Crippen LogP contribution in [0.25, 0.3) is 0 Å². The predicted octanol–water partition coefficient (Wildman–Crippen LogP) is 16.2. The summed E-state index contributed by atoms with van der Waals surface area (Å²) in [5.74, 6) is 3.08. The zero-order valence-corrected chi connectivity index (χ0v) is 38.4. The molecular weight excluding hydrogens is 711 g/mol. The van der Waals surface area contributed by atoms with Gasteiger partial charge in [0.1, 0.15) is 0 Å². The molecule has 0 spiro atoms. The van der Waals surface area contributed by atoms with Crippen LogP contribution >= 0.6 is 0 Å². The van der Waals surface area contributed by atoms with Crippen LogP contribution in [0.3, 0.4) is 0 Å². The summed E-state index contributed by atoms with van der Waals surface area (Å²) >= 11 is 9.90. The second kappa shape index (κ2) is 59.6. The quantitative estimate of drug-likeness (QED) is 0.0377. The maximum absolute atomic E-state index is 4.95. The Balaban J connectivity index is -0.000000200. The van der Waals surface area contributed by atoms with Crippen molar-refractivity contribution in [2.24, 2.45) is 11.8 Å². The minimum absolute atomic E-state index is 0. The SMILES string of the molecule is CCCCCCCCCCCCCCCCCC[S-].CCCCCCCCCCCCCCCCCC[S-].[CH2]C(C)C.[CH2]C(C)C.[Sn+2]. The van der Waals surface area contributed by atoms with Gasteiger partial charge in [0.05, 0.1) is 0 Å². The van der Waals surface area contributed by atoms with Crippen LogP contribution in [0.4, 0.5) is 0 Å². The van der Waals surface area contributed by atoms with Crippen LogP contribution < -0.4 is 0 Å². The van der Waals surface area contributed by atoms with Crippen LogP contribution in [-0.4, -0.2) is 35.4 Å². The molecule has 0 atom stereocenters. The van der Waals surface area contributed by atoms with Crippen LogP contribution in [0.5, 0.6) is 0 Å². The van der Waals surface area contributed by atoms with Gasteiger partial charge in [-0.05, 0) is 11.8 Å². The van der Waals surface area contributed by atoms with Gasteiger partial charge in [0.2, 0.25) is 0 Å². The van der Waals surface area contributed by atoms with Crippen LogP contribution in [0.1, 0.15) is 247 Å². The van der Waals surface area contributed by atoms with E-state index in [1.807, 2.05) is 0 Å². The molecule has 0 aromatic rings. The van der Waals surface area contributed by atoms with Gasteiger partial charge in [0.25, 0.3) is 0 Å². The van der Waals surface area contributed by atoms with Gasteiger partial charge < -0.3 is 25.3 Å². The molecule has 4 radical (unpaired) electrons. The fraction of sp³-hybridized carbons (Fsp3) is 0.955. The molecule has 3 heteroatoms. The fourth-order valence-electron chi connectivity index (χ4n) is 5.30. The van der Waals surface area contributed by atoms with Gasteiger partial charge in [-0.2, -0.15) is 11.5 Å². The zero-order chi connectivity index (χ0) is 35.2.